The number of nitrogens with two attached hydrogens (primary N) is 1. The summed E-state index contributed by atoms with van der Waals surface area (Å²) in [7, 11) is -2.90. The van der Waals surface area contributed by atoms with Crippen LogP contribution in [-0.2, 0) is 21.8 Å². The van der Waals surface area contributed by atoms with Gasteiger partial charge in [-0.15, -0.1) is 0 Å². The van der Waals surface area contributed by atoms with Crippen LogP contribution in [0.5, 0.6) is 0 Å². The first-order valence-electron chi connectivity index (χ1n) is 7.29. The van der Waals surface area contributed by atoms with Gasteiger partial charge in [0.15, 0.2) is 9.84 Å². The van der Waals surface area contributed by atoms with Gasteiger partial charge in [-0.1, -0.05) is 13.8 Å². The predicted octanol–water partition coefficient (Wildman–Crippen LogP) is 1.99. The fraction of sp³-hybridized carbons (Fsp3) is 0.733. The molecule has 2 N–H and O–H groups in total. The van der Waals surface area contributed by atoms with Crippen molar-refractivity contribution in [3.63, 3.8) is 0 Å². The molecule has 1 saturated heterocycles. The normalized spacial score (nSPS) is 34.9. The minimum Gasteiger partial charge on any atom is -0.344 e. The van der Waals surface area contributed by atoms with Crippen LogP contribution in [0.3, 0.4) is 0 Å². The van der Waals surface area contributed by atoms with Gasteiger partial charge in [-0.25, -0.2) is 8.42 Å². The fourth-order valence-corrected chi connectivity index (χ4v) is 6.05. The Morgan fingerprint density at radius 2 is 2.05 bits per heavy atom. The summed E-state index contributed by atoms with van der Waals surface area (Å²) in [4.78, 5) is 0. The van der Waals surface area contributed by atoms with Gasteiger partial charge in [0.1, 0.15) is 0 Å². The highest BCUT2D eigenvalue weighted by Gasteiger charge is 2.42. The van der Waals surface area contributed by atoms with Crippen molar-refractivity contribution in [2.45, 2.75) is 51.6 Å². The monoisotopic (exact) mass is 296 g/mol. The molecular weight excluding hydrogens is 272 g/mol. The Balaban J connectivity index is 2.06. The first-order valence-corrected chi connectivity index (χ1v) is 9.11. The summed E-state index contributed by atoms with van der Waals surface area (Å²) in [5.41, 5.74) is 8.62. The van der Waals surface area contributed by atoms with E-state index in [1.165, 1.54) is 11.3 Å². The Morgan fingerprint density at radius 3 is 2.65 bits per heavy atom. The molecule has 0 aromatic carbocycles. The fourth-order valence-electron chi connectivity index (χ4n) is 3.92. The molecule has 2 aliphatic rings. The highest BCUT2D eigenvalue weighted by atomic mass is 32.2. The van der Waals surface area contributed by atoms with Crippen molar-refractivity contribution in [2.75, 3.05) is 11.5 Å². The highest BCUT2D eigenvalue weighted by molar-refractivity contribution is 7.91. The lowest BCUT2D eigenvalue weighted by Gasteiger charge is -2.37. The number of aromatic nitrogens is 1. The molecular formula is C15H24N2O2S. The summed E-state index contributed by atoms with van der Waals surface area (Å²) in [6.07, 6.45) is 4.70. The van der Waals surface area contributed by atoms with E-state index in [1.807, 2.05) is 6.20 Å². The summed E-state index contributed by atoms with van der Waals surface area (Å²) in [6, 6.07) is 2.16. The Hall–Kier alpha value is -0.810. The van der Waals surface area contributed by atoms with Crippen LogP contribution in [-0.4, -0.2) is 24.5 Å². The minimum absolute atomic E-state index is 0.0663. The molecule has 2 unspecified atom stereocenters. The van der Waals surface area contributed by atoms with E-state index >= 15 is 0 Å². The van der Waals surface area contributed by atoms with Crippen LogP contribution in [0, 0.1) is 5.41 Å². The average Bonchev–Trinajstić information content (AvgIpc) is 2.79. The molecule has 20 heavy (non-hydrogen) atoms. The zero-order valence-corrected chi connectivity index (χ0v) is 13.3. The third kappa shape index (κ3) is 2.21. The van der Waals surface area contributed by atoms with Crippen LogP contribution in [0.1, 0.15) is 50.9 Å². The zero-order valence-electron chi connectivity index (χ0n) is 12.5. The number of rotatable bonds is 1. The Kier molecular flexibility index (Phi) is 2.90. The molecule has 1 aromatic rings. The van der Waals surface area contributed by atoms with E-state index in [0.717, 1.165) is 12.8 Å². The zero-order chi connectivity index (χ0) is 14.8. The Morgan fingerprint density at radius 1 is 1.35 bits per heavy atom. The molecule has 1 aliphatic carbocycles. The van der Waals surface area contributed by atoms with Gasteiger partial charge in [0, 0.05) is 17.9 Å². The molecule has 1 fully saturated rings. The molecule has 2 atom stereocenters. The third-order valence-electron chi connectivity index (χ3n) is 4.91. The Labute approximate surface area is 121 Å². The molecule has 112 valence electrons. The van der Waals surface area contributed by atoms with E-state index in [1.54, 1.807) is 0 Å². The van der Waals surface area contributed by atoms with Gasteiger partial charge >= 0.3 is 0 Å². The second-order valence-corrected chi connectivity index (χ2v) is 9.76. The largest absolute Gasteiger partial charge is 0.344 e. The molecule has 3 rings (SSSR count). The van der Waals surface area contributed by atoms with Crippen molar-refractivity contribution in [3.8, 4) is 0 Å². The van der Waals surface area contributed by atoms with Crippen LogP contribution in [0.2, 0.25) is 0 Å². The molecule has 2 heterocycles. The number of hydrogen-bond acceptors (Lipinski definition) is 3. The van der Waals surface area contributed by atoms with Crippen molar-refractivity contribution in [1.29, 1.82) is 0 Å². The van der Waals surface area contributed by atoms with Crippen LogP contribution in [0.15, 0.2) is 12.3 Å². The average molecular weight is 296 g/mol. The van der Waals surface area contributed by atoms with Gasteiger partial charge in [-0.2, -0.15) is 0 Å². The summed E-state index contributed by atoms with van der Waals surface area (Å²) in [5, 5.41) is 0. The van der Waals surface area contributed by atoms with E-state index < -0.39 is 9.84 Å². The first kappa shape index (κ1) is 14.1. The van der Waals surface area contributed by atoms with E-state index in [2.05, 4.69) is 31.4 Å². The molecule has 0 radical (unpaired) electrons. The second-order valence-electron chi connectivity index (χ2n) is 7.58. The van der Waals surface area contributed by atoms with Crippen molar-refractivity contribution in [1.82, 2.24) is 4.57 Å². The van der Waals surface area contributed by atoms with E-state index in [9.17, 15) is 8.42 Å². The maximum absolute atomic E-state index is 11.9. The number of sulfone groups is 1. The van der Waals surface area contributed by atoms with Gasteiger partial charge in [0.2, 0.25) is 0 Å². The van der Waals surface area contributed by atoms with Crippen molar-refractivity contribution in [3.05, 3.63) is 23.5 Å². The summed E-state index contributed by atoms with van der Waals surface area (Å²) < 4.78 is 25.9. The molecule has 1 aromatic heterocycles. The molecule has 0 saturated carbocycles. The molecule has 0 bridgehead atoms. The topological polar surface area (TPSA) is 65.1 Å². The Bertz CT molecular complexity index is 645. The predicted molar refractivity (Wildman–Crippen MR) is 80.4 cm³/mol. The molecule has 5 heteroatoms. The minimum atomic E-state index is -2.90. The number of fused-ring (bicyclic) bond motifs is 1. The molecule has 0 spiro atoms. The smallest absolute Gasteiger partial charge is 0.152 e. The highest BCUT2D eigenvalue weighted by Crippen LogP contribution is 2.43. The second kappa shape index (κ2) is 4.10. The third-order valence-corrected chi connectivity index (χ3v) is 6.80. The lowest BCUT2D eigenvalue weighted by atomic mass is 9.74. The van der Waals surface area contributed by atoms with Crippen LogP contribution < -0.4 is 5.73 Å². The van der Waals surface area contributed by atoms with Gasteiger partial charge in [0.25, 0.3) is 0 Å². The molecule has 0 amide bonds. The van der Waals surface area contributed by atoms with Crippen LogP contribution in [0.4, 0.5) is 0 Å². The molecule has 4 nitrogen and oxygen atoms in total. The van der Waals surface area contributed by atoms with Crippen molar-refractivity contribution < 1.29 is 8.42 Å². The van der Waals surface area contributed by atoms with Crippen molar-refractivity contribution in [2.24, 2.45) is 11.1 Å². The lowest BCUT2D eigenvalue weighted by Crippen LogP contribution is -2.36. The number of hydrogen-bond donors (Lipinski definition) is 1. The van der Waals surface area contributed by atoms with Crippen LogP contribution in [0.25, 0.3) is 0 Å². The standard InChI is InChI=1S/C15H24N2O2S/c1-14(2)8-12(16)11-4-6-17(13(11)9-14)15(3)5-7-20(18,19)10-15/h4,6,12H,5,7-10,16H2,1-3H3. The summed E-state index contributed by atoms with van der Waals surface area (Å²) in [5.74, 6) is 0.544. The van der Waals surface area contributed by atoms with Gasteiger partial charge < -0.3 is 10.3 Å². The first-order chi connectivity index (χ1) is 9.12. The maximum Gasteiger partial charge on any atom is 0.152 e. The summed E-state index contributed by atoms with van der Waals surface area (Å²) >= 11 is 0. The van der Waals surface area contributed by atoms with Gasteiger partial charge in [-0.3, -0.25) is 0 Å². The maximum atomic E-state index is 11.9. The van der Waals surface area contributed by atoms with E-state index in [4.69, 9.17) is 5.73 Å². The molecule has 1 aliphatic heterocycles. The summed E-state index contributed by atoms with van der Waals surface area (Å²) in [6.45, 7) is 6.53. The van der Waals surface area contributed by atoms with Crippen LogP contribution >= 0.6 is 0 Å². The number of nitrogens with zero attached hydrogens (tertiary/aromatic N) is 1. The quantitative estimate of drug-likeness (QED) is 0.862. The van der Waals surface area contributed by atoms with Gasteiger partial charge in [0.05, 0.1) is 17.0 Å². The SMILES string of the molecule is CC1(C)Cc2c(ccn2C2(C)CCS(=O)(=O)C2)C(N)C1. The lowest BCUT2D eigenvalue weighted by molar-refractivity contribution is 0.259. The van der Waals surface area contributed by atoms with E-state index in [0.29, 0.717) is 12.2 Å². The van der Waals surface area contributed by atoms with Crippen molar-refractivity contribution >= 4 is 9.84 Å². The van der Waals surface area contributed by atoms with Gasteiger partial charge in [-0.05, 0) is 43.2 Å². The van der Waals surface area contributed by atoms with E-state index in [-0.39, 0.29) is 22.7 Å².